The molecule has 10 heteroatoms. The van der Waals surface area contributed by atoms with Crippen molar-refractivity contribution in [1.82, 2.24) is 0 Å². The molecule has 1 unspecified atom stereocenters. The fraction of sp³-hybridized carbons (Fsp3) is 0.593. The molecule has 1 N–H and O–H groups in total. The lowest BCUT2D eigenvalue weighted by Crippen LogP contribution is -2.82. The van der Waals surface area contributed by atoms with Crippen LogP contribution in [0.3, 0.4) is 0 Å². The van der Waals surface area contributed by atoms with Crippen LogP contribution in [0.15, 0.2) is 30.3 Å². The number of Topliss-reactive ketones (excluding diaryl/α,β-unsaturated/α-hetero) is 2. The van der Waals surface area contributed by atoms with Gasteiger partial charge in [-0.3, -0.25) is 19.2 Å². The first-order valence-corrected chi connectivity index (χ1v) is 12.3. The van der Waals surface area contributed by atoms with Gasteiger partial charge < -0.3 is 24.1 Å². The Balaban J connectivity index is 1.98. The Labute approximate surface area is 214 Å². The van der Waals surface area contributed by atoms with Gasteiger partial charge in [0.25, 0.3) is 0 Å². The molecule has 0 radical (unpaired) electrons. The van der Waals surface area contributed by atoms with E-state index in [9.17, 15) is 29.1 Å². The molecule has 3 aliphatic rings. The highest BCUT2D eigenvalue weighted by atomic mass is 16.6. The predicted molar refractivity (Wildman–Crippen MR) is 126 cm³/mol. The van der Waals surface area contributed by atoms with Crippen LogP contribution in [0.25, 0.3) is 0 Å². The smallest absolute Gasteiger partial charge is 0.338 e. The Morgan fingerprint density at radius 1 is 0.946 bits per heavy atom. The number of hydrogen-bond acceptors (Lipinski definition) is 10. The lowest BCUT2D eigenvalue weighted by atomic mass is 9.51. The third-order valence-electron chi connectivity index (χ3n) is 7.98. The zero-order valence-electron chi connectivity index (χ0n) is 21.7. The fourth-order valence-corrected chi connectivity index (χ4v) is 6.65. The molecule has 200 valence electrons. The van der Waals surface area contributed by atoms with Crippen molar-refractivity contribution in [2.45, 2.75) is 83.1 Å². The minimum absolute atomic E-state index is 0.101. The minimum Gasteiger partial charge on any atom is -0.458 e. The zero-order chi connectivity index (χ0) is 27.5. The molecule has 1 aliphatic heterocycles. The highest BCUT2D eigenvalue weighted by Gasteiger charge is 2.84. The van der Waals surface area contributed by atoms with Crippen LogP contribution in [0.4, 0.5) is 0 Å². The van der Waals surface area contributed by atoms with E-state index in [-0.39, 0.29) is 12.0 Å². The third kappa shape index (κ3) is 3.88. The number of carbonyl (C=O) groups is 5. The number of hydrogen-bond donors (Lipinski definition) is 1. The van der Waals surface area contributed by atoms with E-state index >= 15 is 0 Å². The Morgan fingerprint density at radius 2 is 1.51 bits per heavy atom. The maximum atomic E-state index is 14.1. The normalized spacial score (nSPS) is 37.8. The first-order valence-electron chi connectivity index (χ1n) is 12.3. The van der Waals surface area contributed by atoms with E-state index in [1.165, 1.54) is 26.0 Å². The molecule has 10 nitrogen and oxygen atoms in total. The molecule has 4 rings (SSSR count). The lowest BCUT2D eigenvalue weighted by Gasteiger charge is -2.60. The molecule has 2 aliphatic carbocycles. The summed E-state index contributed by atoms with van der Waals surface area (Å²) in [5.74, 6) is -6.42. The SMILES string of the molecule is CC(=O)O[C@@H]1[C@H]2C(=O)[C@@H](OC(=O)c3ccccc3)[C@]3(O)[C@@H](OC(C)=O)[C@@H](C(C)=O)CC(C)[C@@]13OC2(C)C. The average molecular weight is 517 g/mol. The molecular formula is C27H32O10. The van der Waals surface area contributed by atoms with Crippen LogP contribution in [-0.4, -0.2) is 69.7 Å². The molecule has 2 bridgehead atoms. The Bertz CT molecular complexity index is 1140. The maximum absolute atomic E-state index is 14.1. The van der Waals surface area contributed by atoms with Crippen molar-refractivity contribution in [3.05, 3.63) is 35.9 Å². The summed E-state index contributed by atoms with van der Waals surface area (Å²) in [7, 11) is 0. The second-order valence-electron chi connectivity index (χ2n) is 10.8. The molecule has 1 heterocycles. The second kappa shape index (κ2) is 9.02. The van der Waals surface area contributed by atoms with E-state index in [4.69, 9.17) is 18.9 Å². The summed E-state index contributed by atoms with van der Waals surface area (Å²) in [6.45, 7) is 8.50. The number of ketones is 2. The number of aliphatic hydroxyl groups is 1. The van der Waals surface area contributed by atoms with Crippen molar-refractivity contribution >= 4 is 29.5 Å². The Morgan fingerprint density at radius 3 is 2.05 bits per heavy atom. The molecule has 1 saturated heterocycles. The van der Waals surface area contributed by atoms with Gasteiger partial charge in [0.05, 0.1) is 23.0 Å². The van der Waals surface area contributed by atoms with Gasteiger partial charge in [-0.05, 0) is 45.2 Å². The molecule has 1 spiro atoms. The van der Waals surface area contributed by atoms with Crippen LogP contribution in [-0.2, 0) is 38.1 Å². The fourth-order valence-electron chi connectivity index (χ4n) is 6.65. The monoisotopic (exact) mass is 516 g/mol. The molecule has 0 amide bonds. The summed E-state index contributed by atoms with van der Waals surface area (Å²) in [5, 5.41) is 12.7. The number of rotatable bonds is 5. The molecule has 1 aromatic carbocycles. The second-order valence-corrected chi connectivity index (χ2v) is 10.8. The Hall–Kier alpha value is -3.11. The van der Waals surface area contributed by atoms with E-state index in [2.05, 4.69) is 0 Å². The van der Waals surface area contributed by atoms with Crippen LogP contribution in [0.2, 0.25) is 0 Å². The van der Waals surface area contributed by atoms with Crippen molar-refractivity contribution in [2.75, 3.05) is 0 Å². The first-order chi connectivity index (χ1) is 17.2. The summed E-state index contributed by atoms with van der Waals surface area (Å²) < 4.78 is 23.4. The largest absolute Gasteiger partial charge is 0.458 e. The summed E-state index contributed by atoms with van der Waals surface area (Å²) in [4.78, 5) is 64.5. The van der Waals surface area contributed by atoms with E-state index in [0.29, 0.717) is 0 Å². The van der Waals surface area contributed by atoms with Gasteiger partial charge in [0, 0.05) is 13.8 Å². The van der Waals surface area contributed by atoms with Crippen LogP contribution in [0, 0.1) is 17.8 Å². The van der Waals surface area contributed by atoms with E-state index in [1.807, 2.05) is 0 Å². The van der Waals surface area contributed by atoms with E-state index in [0.717, 1.165) is 6.92 Å². The number of ether oxygens (including phenoxy) is 4. The molecule has 0 aromatic heterocycles. The topological polar surface area (TPSA) is 142 Å². The minimum atomic E-state index is -2.56. The van der Waals surface area contributed by atoms with Crippen molar-refractivity contribution in [1.29, 1.82) is 0 Å². The Kier molecular flexibility index (Phi) is 6.57. The number of benzene rings is 1. The first kappa shape index (κ1) is 26.9. The summed E-state index contributed by atoms with van der Waals surface area (Å²) in [6, 6.07) is 7.88. The summed E-state index contributed by atoms with van der Waals surface area (Å²) >= 11 is 0. The van der Waals surface area contributed by atoms with Gasteiger partial charge in [-0.25, -0.2) is 4.79 Å². The maximum Gasteiger partial charge on any atom is 0.338 e. The molecular weight excluding hydrogens is 484 g/mol. The van der Waals surface area contributed by atoms with Crippen LogP contribution < -0.4 is 0 Å². The lowest BCUT2D eigenvalue weighted by molar-refractivity contribution is -0.320. The number of esters is 3. The molecule has 8 atom stereocenters. The quantitative estimate of drug-likeness (QED) is 0.455. The zero-order valence-corrected chi connectivity index (χ0v) is 21.7. The van der Waals surface area contributed by atoms with Gasteiger partial charge in [-0.1, -0.05) is 25.1 Å². The predicted octanol–water partition coefficient (Wildman–Crippen LogP) is 1.80. The van der Waals surface area contributed by atoms with Gasteiger partial charge in [0.2, 0.25) is 0 Å². The van der Waals surface area contributed by atoms with Gasteiger partial charge in [-0.2, -0.15) is 0 Å². The molecule has 1 aromatic rings. The number of fused-ring (bicyclic) bond motifs is 1. The highest BCUT2D eigenvalue weighted by molar-refractivity contribution is 5.97. The van der Waals surface area contributed by atoms with Gasteiger partial charge in [0.15, 0.2) is 17.5 Å². The number of carbonyl (C=O) groups excluding carboxylic acids is 5. The van der Waals surface area contributed by atoms with E-state index in [1.54, 1.807) is 39.0 Å². The molecule has 3 fully saturated rings. The van der Waals surface area contributed by atoms with Crippen molar-refractivity contribution in [2.24, 2.45) is 17.8 Å². The summed E-state index contributed by atoms with van der Waals surface area (Å²) in [5.41, 5.74) is -5.54. The standard InChI is InChI=1S/C27H32O10/c1-13-12-18(14(2)28)21(34-15(3)29)26(33)23(36-24(32)17-10-8-7-9-11-17)20(31)19-22(35-16(4)30)27(13,26)37-25(19,5)6/h7-11,13,18-19,21-23,33H,12H2,1-6H3/t13?,18-,19-,21+,22-,23-,26-,27-/m1/s1. The van der Waals surface area contributed by atoms with Gasteiger partial charge in [0.1, 0.15) is 23.6 Å². The third-order valence-corrected chi connectivity index (χ3v) is 7.98. The van der Waals surface area contributed by atoms with Crippen LogP contribution >= 0.6 is 0 Å². The molecule has 2 saturated carbocycles. The highest BCUT2D eigenvalue weighted by Crippen LogP contribution is 2.63. The molecule has 37 heavy (non-hydrogen) atoms. The van der Waals surface area contributed by atoms with Gasteiger partial charge >= 0.3 is 17.9 Å². The van der Waals surface area contributed by atoms with Crippen molar-refractivity contribution in [3.8, 4) is 0 Å². The van der Waals surface area contributed by atoms with Crippen molar-refractivity contribution in [3.63, 3.8) is 0 Å². The van der Waals surface area contributed by atoms with Gasteiger partial charge in [-0.15, -0.1) is 0 Å². The van der Waals surface area contributed by atoms with Crippen LogP contribution in [0.1, 0.15) is 58.3 Å². The van der Waals surface area contributed by atoms with E-state index < -0.39 is 82.3 Å². The van der Waals surface area contributed by atoms with Crippen LogP contribution in [0.5, 0.6) is 0 Å². The summed E-state index contributed by atoms with van der Waals surface area (Å²) in [6.07, 6.45) is -4.69. The average Bonchev–Trinajstić information content (AvgIpc) is 3.01. The van der Waals surface area contributed by atoms with Crippen molar-refractivity contribution < 1.29 is 48.0 Å².